The first-order chi connectivity index (χ1) is 6.70. The van der Waals surface area contributed by atoms with Gasteiger partial charge in [0, 0.05) is 20.6 Å². The molecule has 0 aliphatic carbocycles. The van der Waals surface area contributed by atoms with Crippen LogP contribution in [0.4, 0.5) is 0 Å². The zero-order valence-corrected chi connectivity index (χ0v) is 10.1. The van der Waals surface area contributed by atoms with Gasteiger partial charge in [0.15, 0.2) is 0 Å². The molecule has 0 aromatic heterocycles. The first kappa shape index (κ1) is 13.9. The van der Waals surface area contributed by atoms with Crippen LogP contribution in [0.3, 0.4) is 0 Å². The zero-order chi connectivity index (χ0) is 12.2. The van der Waals surface area contributed by atoms with Crippen LogP contribution >= 0.6 is 0 Å². The van der Waals surface area contributed by atoms with Gasteiger partial charge >= 0.3 is 0 Å². The zero-order valence-electron chi connectivity index (χ0n) is 10.1. The van der Waals surface area contributed by atoms with E-state index in [1.165, 1.54) is 23.6 Å². The summed E-state index contributed by atoms with van der Waals surface area (Å²) in [6, 6.07) is 0. The van der Waals surface area contributed by atoms with E-state index in [1.807, 2.05) is 0 Å². The number of aliphatic hydroxyl groups is 1. The minimum Gasteiger partial charge on any atom is -0.381 e. The van der Waals surface area contributed by atoms with Crippen LogP contribution in [0.25, 0.3) is 0 Å². The van der Waals surface area contributed by atoms with Gasteiger partial charge in [-0.05, 0) is 20.8 Å². The number of carbonyl (C=O) groups excluding carboxylic acids is 2. The Kier molecular flexibility index (Phi) is 4.74. The van der Waals surface area contributed by atoms with Crippen molar-refractivity contribution in [2.24, 2.45) is 0 Å². The molecule has 0 fully saturated rings. The Morgan fingerprint density at radius 2 is 1.73 bits per heavy atom. The van der Waals surface area contributed by atoms with Crippen LogP contribution in [-0.4, -0.2) is 59.5 Å². The topological polar surface area (TPSA) is 60.9 Å². The molecular formula is C10H20N2O3. The maximum Gasteiger partial charge on any atom is 0.254 e. The van der Waals surface area contributed by atoms with E-state index in [2.05, 4.69) is 0 Å². The van der Waals surface area contributed by atoms with Gasteiger partial charge in [0.2, 0.25) is 5.91 Å². The van der Waals surface area contributed by atoms with Crippen molar-refractivity contribution in [3.63, 3.8) is 0 Å². The molecule has 0 bridgehead atoms. The highest BCUT2D eigenvalue weighted by Crippen LogP contribution is 2.07. The van der Waals surface area contributed by atoms with Crippen molar-refractivity contribution in [2.45, 2.75) is 26.4 Å². The third-order valence-corrected chi connectivity index (χ3v) is 2.02. The number of nitrogens with zero attached hydrogens (tertiary/aromatic N) is 2. The Labute approximate surface area is 90.7 Å². The molecule has 0 heterocycles. The molecule has 0 aromatic carbocycles. The molecule has 0 radical (unpaired) electrons. The second kappa shape index (κ2) is 5.11. The van der Waals surface area contributed by atoms with E-state index in [4.69, 9.17) is 0 Å². The Morgan fingerprint density at radius 1 is 1.27 bits per heavy atom. The molecule has 0 aliphatic rings. The standard InChI is InChI=1S/C10H20N2O3/c1-6-12(7-8(13)11(4)5)9(14)10(2,3)15/h15H,6-7H2,1-5H3. The summed E-state index contributed by atoms with van der Waals surface area (Å²) in [5.41, 5.74) is -1.43. The maximum absolute atomic E-state index is 11.7. The first-order valence-corrected chi connectivity index (χ1v) is 4.92. The predicted octanol–water partition coefficient (Wildman–Crippen LogP) is -0.306. The van der Waals surface area contributed by atoms with Crippen LogP contribution in [0.1, 0.15) is 20.8 Å². The largest absolute Gasteiger partial charge is 0.381 e. The predicted molar refractivity (Wildman–Crippen MR) is 57.2 cm³/mol. The lowest BCUT2D eigenvalue weighted by atomic mass is 10.1. The van der Waals surface area contributed by atoms with E-state index < -0.39 is 11.5 Å². The Balaban J connectivity index is 4.52. The molecule has 5 heteroatoms. The quantitative estimate of drug-likeness (QED) is 0.701. The fraction of sp³-hybridized carbons (Fsp3) is 0.800. The number of amides is 2. The second-order valence-electron chi connectivity index (χ2n) is 4.17. The van der Waals surface area contributed by atoms with E-state index in [1.54, 1.807) is 21.0 Å². The number of likely N-dealkylation sites (N-methyl/N-ethyl adjacent to an activating group) is 2. The van der Waals surface area contributed by atoms with Crippen molar-refractivity contribution in [3.05, 3.63) is 0 Å². The number of rotatable bonds is 4. The van der Waals surface area contributed by atoms with Gasteiger partial charge < -0.3 is 14.9 Å². The maximum atomic E-state index is 11.7. The van der Waals surface area contributed by atoms with Crippen LogP contribution < -0.4 is 0 Å². The number of hydrogen-bond acceptors (Lipinski definition) is 3. The lowest BCUT2D eigenvalue weighted by Crippen LogP contribution is -2.48. The SMILES string of the molecule is CCN(CC(=O)N(C)C)C(=O)C(C)(C)O. The lowest BCUT2D eigenvalue weighted by molar-refractivity contribution is -0.151. The van der Waals surface area contributed by atoms with Crippen molar-refractivity contribution >= 4 is 11.8 Å². The van der Waals surface area contributed by atoms with Gasteiger partial charge in [-0.2, -0.15) is 0 Å². The van der Waals surface area contributed by atoms with Crippen LogP contribution in [0.2, 0.25) is 0 Å². The minimum atomic E-state index is -1.43. The molecule has 0 saturated heterocycles. The highest BCUT2D eigenvalue weighted by molar-refractivity contribution is 5.88. The fourth-order valence-electron chi connectivity index (χ4n) is 1.02. The summed E-state index contributed by atoms with van der Waals surface area (Å²) in [4.78, 5) is 25.8. The van der Waals surface area contributed by atoms with Crippen molar-refractivity contribution < 1.29 is 14.7 Å². The number of hydrogen-bond donors (Lipinski definition) is 1. The molecule has 88 valence electrons. The smallest absolute Gasteiger partial charge is 0.254 e. The molecule has 0 aliphatic heterocycles. The van der Waals surface area contributed by atoms with E-state index in [-0.39, 0.29) is 12.5 Å². The third kappa shape index (κ3) is 4.29. The molecule has 0 unspecified atom stereocenters. The summed E-state index contributed by atoms with van der Waals surface area (Å²) in [6.45, 7) is 5.01. The summed E-state index contributed by atoms with van der Waals surface area (Å²) in [7, 11) is 3.26. The summed E-state index contributed by atoms with van der Waals surface area (Å²) >= 11 is 0. The molecular weight excluding hydrogens is 196 g/mol. The number of carbonyl (C=O) groups is 2. The highest BCUT2D eigenvalue weighted by atomic mass is 16.3. The van der Waals surface area contributed by atoms with Gasteiger partial charge in [-0.3, -0.25) is 9.59 Å². The van der Waals surface area contributed by atoms with E-state index >= 15 is 0 Å². The van der Waals surface area contributed by atoms with Gasteiger partial charge in [0.05, 0.1) is 6.54 Å². The van der Waals surface area contributed by atoms with E-state index in [0.29, 0.717) is 6.54 Å². The molecule has 0 spiro atoms. The van der Waals surface area contributed by atoms with E-state index in [0.717, 1.165) is 0 Å². The molecule has 5 nitrogen and oxygen atoms in total. The summed E-state index contributed by atoms with van der Waals surface area (Å²) < 4.78 is 0. The van der Waals surface area contributed by atoms with Gasteiger partial charge in [0.1, 0.15) is 5.60 Å². The average Bonchev–Trinajstić information content (AvgIpc) is 2.10. The molecule has 1 N–H and O–H groups in total. The van der Waals surface area contributed by atoms with Crippen LogP contribution in [-0.2, 0) is 9.59 Å². The second-order valence-corrected chi connectivity index (χ2v) is 4.17. The highest BCUT2D eigenvalue weighted by Gasteiger charge is 2.29. The summed E-state index contributed by atoms with van der Waals surface area (Å²) in [5, 5.41) is 9.52. The normalized spacial score (nSPS) is 11.1. The lowest BCUT2D eigenvalue weighted by Gasteiger charge is -2.27. The van der Waals surface area contributed by atoms with Crippen molar-refractivity contribution in [1.29, 1.82) is 0 Å². The molecule has 0 aromatic rings. The Morgan fingerprint density at radius 3 is 2.00 bits per heavy atom. The average molecular weight is 216 g/mol. The molecule has 0 atom stereocenters. The first-order valence-electron chi connectivity index (χ1n) is 4.92. The minimum absolute atomic E-state index is 0.00627. The van der Waals surface area contributed by atoms with Crippen molar-refractivity contribution in [3.8, 4) is 0 Å². The van der Waals surface area contributed by atoms with Gasteiger partial charge in [-0.1, -0.05) is 0 Å². The van der Waals surface area contributed by atoms with Crippen LogP contribution in [0.15, 0.2) is 0 Å². The molecule has 15 heavy (non-hydrogen) atoms. The van der Waals surface area contributed by atoms with Gasteiger partial charge in [0.25, 0.3) is 5.91 Å². The van der Waals surface area contributed by atoms with Crippen LogP contribution in [0.5, 0.6) is 0 Å². The molecule has 0 saturated carbocycles. The van der Waals surface area contributed by atoms with Crippen LogP contribution in [0, 0.1) is 0 Å². The summed E-state index contributed by atoms with van der Waals surface area (Å²) in [5.74, 6) is -0.588. The van der Waals surface area contributed by atoms with E-state index in [9.17, 15) is 14.7 Å². The van der Waals surface area contributed by atoms with Gasteiger partial charge in [-0.25, -0.2) is 0 Å². The third-order valence-electron chi connectivity index (χ3n) is 2.02. The molecule has 0 rings (SSSR count). The van der Waals surface area contributed by atoms with Crippen molar-refractivity contribution in [1.82, 2.24) is 9.80 Å². The van der Waals surface area contributed by atoms with Crippen molar-refractivity contribution in [2.75, 3.05) is 27.2 Å². The van der Waals surface area contributed by atoms with Gasteiger partial charge in [-0.15, -0.1) is 0 Å². The summed E-state index contributed by atoms with van der Waals surface area (Å²) in [6.07, 6.45) is 0. The molecule has 2 amide bonds. The monoisotopic (exact) mass is 216 g/mol. The Hall–Kier alpha value is -1.10. The Bertz CT molecular complexity index is 244. The fourth-order valence-corrected chi connectivity index (χ4v) is 1.02.